The summed E-state index contributed by atoms with van der Waals surface area (Å²) in [6.45, 7) is 1.84. The zero-order valence-electron chi connectivity index (χ0n) is 11.1. The van der Waals surface area contributed by atoms with Crippen LogP contribution in [0.25, 0.3) is 0 Å². The first-order valence-electron chi connectivity index (χ1n) is 6.76. The van der Waals surface area contributed by atoms with Crippen molar-refractivity contribution in [2.75, 3.05) is 6.61 Å². The van der Waals surface area contributed by atoms with Crippen molar-refractivity contribution in [1.82, 2.24) is 4.57 Å². The summed E-state index contributed by atoms with van der Waals surface area (Å²) >= 11 is 0. The molecule has 5 nitrogen and oxygen atoms in total. The van der Waals surface area contributed by atoms with E-state index >= 15 is 0 Å². The maximum Gasteiger partial charge on any atom is 0.347 e. The average molecular weight is 265 g/mol. The zero-order valence-corrected chi connectivity index (χ0v) is 11.1. The van der Waals surface area contributed by atoms with E-state index in [9.17, 15) is 14.7 Å². The zero-order chi connectivity index (χ0) is 13.8. The number of carbonyl (C=O) groups excluding carboxylic acids is 1. The van der Waals surface area contributed by atoms with Gasteiger partial charge in [-0.3, -0.25) is 4.79 Å². The Morgan fingerprint density at radius 2 is 2.11 bits per heavy atom. The number of esters is 1. The smallest absolute Gasteiger partial charge is 0.347 e. The molecule has 1 N–H and O–H groups in total. The van der Waals surface area contributed by atoms with Gasteiger partial charge in [0.05, 0.1) is 6.61 Å². The number of rotatable bonds is 3. The molecule has 0 saturated heterocycles. The van der Waals surface area contributed by atoms with Gasteiger partial charge in [0.1, 0.15) is 5.75 Å². The lowest BCUT2D eigenvalue weighted by atomic mass is 9.95. The molecule has 1 aromatic rings. The Bertz CT molecular complexity index is 515. The van der Waals surface area contributed by atoms with Crippen molar-refractivity contribution >= 4 is 5.97 Å². The minimum atomic E-state index is -0.754. The van der Waals surface area contributed by atoms with E-state index in [0.29, 0.717) is 0 Å². The first-order chi connectivity index (χ1) is 9.15. The standard InChI is InChI=1S/C14H19NO4/c1-2-19-14(18)12-11(16)8-9-15(13(12)17)10-6-4-3-5-7-10/h8-10,16H,2-7H2,1H3. The SMILES string of the molecule is CCOC(=O)c1c(O)ccn(C2CCCCC2)c1=O. The van der Waals surface area contributed by atoms with Crippen LogP contribution in [0.4, 0.5) is 0 Å². The molecule has 0 atom stereocenters. The van der Waals surface area contributed by atoms with E-state index in [1.165, 1.54) is 12.5 Å². The van der Waals surface area contributed by atoms with Crippen LogP contribution in [-0.2, 0) is 4.74 Å². The summed E-state index contributed by atoms with van der Waals surface area (Å²) in [5.74, 6) is -1.06. The highest BCUT2D eigenvalue weighted by Gasteiger charge is 2.23. The van der Waals surface area contributed by atoms with Crippen molar-refractivity contribution in [3.05, 3.63) is 28.2 Å². The second kappa shape index (κ2) is 5.91. The second-order valence-corrected chi connectivity index (χ2v) is 4.80. The Kier molecular flexibility index (Phi) is 4.24. The van der Waals surface area contributed by atoms with E-state index in [2.05, 4.69) is 0 Å². The molecule has 0 spiro atoms. The number of pyridine rings is 1. The quantitative estimate of drug-likeness (QED) is 0.851. The monoisotopic (exact) mass is 265 g/mol. The van der Waals surface area contributed by atoms with Gasteiger partial charge < -0.3 is 14.4 Å². The molecular weight excluding hydrogens is 246 g/mol. The topological polar surface area (TPSA) is 68.5 Å². The molecule has 1 aromatic heterocycles. The van der Waals surface area contributed by atoms with Crippen LogP contribution < -0.4 is 5.56 Å². The number of aromatic hydroxyl groups is 1. The predicted molar refractivity (Wildman–Crippen MR) is 70.4 cm³/mol. The van der Waals surface area contributed by atoms with Gasteiger partial charge in [-0.25, -0.2) is 4.79 Å². The van der Waals surface area contributed by atoms with Gasteiger partial charge in [0, 0.05) is 12.2 Å². The maximum atomic E-state index is 12.3. The van der Waals surface area contributed by atoms with Gasteiger partial charge in [0.2, 0.25) is 0 Å². The summed E-state index contributed by atoms with van der Waals surface area (Å²) in [5.41, 5.74) is -0.708. The molecule has 5 heteroatoms. The summed E-state index contributed by atoms with van der Waals surface area (Å²) in [7, 11) is 0. The van der Waals surface area contributed by atoms with Gasteiger partial charge in [-0.2, -0.15) is 0 Å². The van der Waals surface area contributed by atoms with E-state index in [1.54, 1.807) is 17.7 Å². The van der Waals surface area contributed by atoms with Crippen LogP contribution in [-0.4, -0.2) is 22.2 Å². The van der Waals surface area contributed by atoms with E-state index < -0.39 is 11.5 Å². The van der Waals surface area contributed by atoms with Crippen LogP contribution in [0, 0.1) is 0 Å². The van der Waals surface area contributed by atoms with E-state index in [4.69, 9.17) is 4.74 Å². The van der Waals surface area contributed by atoms with Gasteiger partial charge in [-0.1, -0.05) is 19.3 Å². The van der Waals surface area contributed by atoms with Gasteiger partial charge in [0.15, 0.2) is 5.56 Å². The lowest BCUT2D eigenvalue weighted by Crippen LogP contribution is -2.30. The predicted octanol–water partition coefficient (Wildman–Crippen LogP) is 2.24. The van der Waals surface area contributed by atoms with Gasteiger partial charge >= 0.3 is 5.97 Å². The molecule has 1 aliphatic carbocycles. The first-order valence-corrected chi connectivity index (χ1v) is 6.76. The number of hydrogen-bond acceptors (Lipinski definition) is 4. The summed E-state index contributed by atoms with van der Waals surface area (Å²) < 4.78 is 6.38. The summed E-state index contributed by atoms with van der Waals surface area (Å²) in [6, 6.07) is 1.51. The molecule has 2 rings (SSSR count). The van der Waals surface area contributed by atoms with E-state index in [-0.39, 0.29) is 24.0 Å². The second-order valence-electron chi connectivity index (χ2n) is 4.80. The molecule has 0 amide bonds. The average Bonchev–Trinajstić information content (AvgIpc) is 2.40. The molecule has 19 heavy (non-hydrogen) atoms. The molecule has 0 aromatic carbocycles. The minimum Gasteiger partial charge on any atom is -0.507 e. The molecule has 0 bridgehead atoms. The molecule has 0 radical (unpaired) electrons. The molecule has 1 fully saturated rings. The Morgan fingerprint density at radius 3 is 2.74 bits per heavy atom. The number of nitrogens with zero attached hydrogens (tertiary/aromatic N) is 1. The third kappa shape index (κ3) is 2.80. The summed E-state index contributed by atoms with van der Waals surface area (Å²) in [4.78, 5) is 24.0. The summed E-state index contributed by atoms with van der Waals surface area (Å²) in [6.07, 6.45) is 6.81. The number of ether oxygens (including phenoxy) is 1. The van der Waals surface area contributed by atoms with E-state index in [0.717, 1.165) is 25.7 Å². The first kappa shape index (κ1) is 13.6. The van der Waals surface area contributed by atoms with Crippen molar-refractivity contribution in [3.8, 4) is 5.75 Å². The largest absolute Gasteiger partial charge is 0.507 e. The van der Waals surface area contributed by atoms with Crippen LogP contribution in [0.1, 0.15) is 55.4 Å². The van der Waals surface area contributed by atoms with E-state index in [1.807, 2.05) is 0 Å². The minimum absolute atomic E-state index is 0.120. The molecule has 1 heterocycles. The van der Waals surface area contributed by atoms with Crippen molar-refractivity contribution in [2.45, 2.75) is 45.1 Å². The Morgan fingerprint density at radius 1 is 1.42 bits per heavy atom. The van der Waals surface area contributed by atoms with Crippen molar-refractivity contribution in [1.29, 1.82) is 0 Å². The van der Waals surface area contributed by atoms with Crippen LogP contribution in [0.2, 0.25) is 0 Å². The van der Waals surface area contributed by atoms with Gasteiger partial charge in [-0.05, 0) is 25.8 Å². The number of carbonyl (C=O) groups is 1. The highest BCUT2D eigenvalue weighted by Crippen LogP contribution is 2.27. The molecule has 104 valence electrons. The van der Waals surface area contributed by atoms with Crippen molar-refractivity contribution in [3.63, 3.8) is 0 Å². The molecule has 1 aliphatic rings. The lowest BCUT2D eigenvalue weighted by molar-refractivity contribution is 0.0519. The number of hydrogen-bond donors (Lipinski definition) is 1. The molecule has 0 unspecified atom stereocenters. The number of aromatic nitrogens is 1. The van der Waals surface area contributed by atoms with Crippen molar-refractivity contribution in [2.24, 2.45) is 0 Å². The van der Waals surface area contributed by atoms with Crippen LogP contribution in [0.5, 0.6) is 5.75 Å². The Hall–Kier alpha value is -1.78. The highest BCUT2D eigenvalue weighted by molar-refractivity contribution is 5.91. The molecular formula is C14H19NO4. The Balaban J connectivity index is 2.38. The lowest BCUT2D eigenvalue weighted by Gasteiger charge is -2.24. The fourth-order valence-electron chi connectivity index (χ4n) is 2.58. The van der Waals surface area contributed by atoms with Gasteiger partial charge in [0.25, 0.3) is 5.56 Å². The highest BCUT2D eigenvalue weighted by atomic mass is 16.5. The van der Waals surface area contributed by atoms with Gasteiger partial charge in [-0.15, -0.1) is 0 Å². The van der Waals surface area contributed by atoms with Crippen molar-refractivity contribution < 1.29 is 14.6 Å². The van der Waals surface area contributed by atoms with Crippen LogP contribution in [0.15, 0.2) is 17.1 Å². The molecule has 1 saturated carbocycles. The summed E-state index contributed by atoms with van der Waals surface area (Å²) in [5, 5.41) is 9.70. The maximum absolute atomic E-state index is 12.3. The fraction of sp³-hybridized carbons (Fsp3) is 0.571. The normalized spacial score (nSPS) is 16.3. The van der Waals surface area contributed by atoms with Crippen LogP contribution in [0.3, 0.4) is 0 Å². The Labute approximate surface area is 111 Å². The third-order valence-corrected chi connectivity index (χ3v) is 3.55. The van der Waals surface area contributed by atoms with Crippen LogP contribution >= 0.6 is 0 Å². The third-order valence-electron chi connectivity index (χ3n) is 3.55. The molecule has 0 aliphatic heterocycles. The fourth-order valence-corrected chi connectivity index (χ4v) is 2.58.